The van der Waals surface area contributed by atoms with Gasteiger partial charge in [-0.2, -0.15) is 0 Å². The number of rotatable bonds is 17. The minimum absolute atomic E-state index is 0.0235. The van der Waals surface area contributed by atoms with Crippen molar-refractivity contribution in [2.75, 3.05) is 33.4 Å². The minimum Gasteiger partial charge on any atom is -0.508 e. The Balaban J connectivity index is 1.29. The van der Waals surface area contributed by atoms with Crippen LogP contribution in [-0.2, 0) is 27.4 Å². The quantitative estimate of drug-likeness (QED) is 0.0482. The molecule has 0 saturated carbocycles. The van der Waals surface area contributed by atoms with Crippen molar-refractivity contribution in [3.8, 4) is 17.2 Å². The molecular weight excluding hydrogens is 740 g/mol. The van der Waals surface area contributed by atoms with Gasteiger partial charge in [-0.05, 0) is 69.1 Å². The summed E-state index contributed by atoms with van der Waals surface area (Å²) in [6.45, 7) is 1.11. The number of aromatic amines is 1. The van der Waals surface area contributed by atoms with Gasteiger partial charge in [-0.3, -0.25) is 9.59 Å². The SMILES string of the molecule is CNCCC1(CCC2CNC(=O)C2)Oc2c(cc3c(=O)cc(C)oc3c2-n2cc3cc[nH]c3c2)CC1OOCC(O)(Cc1ccc(O)cc1)C(O)C(O)C(O)CO. The van der Waals surface area contributed by atoms with Gasteiger partial charge in [0.25, 0.3) is 0 Å². The maximum absolute atomic E-state index is 13.5. The number of aryl methyl sites for hydroxylation is 1. The molecule has 16 heteroatoms. The standard InChI is InChI=1S/C41H50N4O12/c1-23-13-31(48)29-15-27-16-33(57-54-22-40(53,39(52)36(51)32(49)21-46)17-24-3-5-28(47)6-4-24)41(10-12-42-2,9-7-25-14-34(50)44-18-25)56-37(27)35(38(29)55-23)45-19-26-8-11-43-30(26)20-45/h3-6,8,11,13,15,19-20,25,32-33,36,39,42-43,46-47,49,51-53H,7,9-10,12,14,16-18,21-22H2,1-2H3,(H,44,50). The molecule has 0 aliphatic carbocycles. The summed E-state index contributed by atoms with van der Waals surface area (Å²) in [5.74, 6) is 0.881. The summed E-state index contributed by atoms with van der Waals surface area (Å²) < 4.78 is 15.4. The number of carbonyl (C=O) groups excluding carboxylic acids is 1. The van der Waals surface area contributed by atoms with Crippen molar-refractivity contribution in [2.45, 2.75) is 81.1 Å². The number of aliphatic hydroxyl groups excluding tert-OH is 4. The Hall–Kier alpha value is -4.78. The fourth-order valence-corrected chi connectivity index (χ4v) is 8.04. The number of aromatic nitrogens is 2. The van der Waals surface area contributed by atoms with Crippen LogP contribution >= 0.6 is 0 Å². The van der Waals surface area contributed by atoms with Gasteiger partial charge in [-0.15, -0.1) is 0 Å². The van der Waals surface area contributed by atoms with Crippen LogP contribution in [0.5, 0.6) is 11.5 Å². The summed E-state index contributed by atoms with van der Waals surface area (Å²) in [5.41, 5.74) is -0.830. The number of ether oxygens (including phenoxy) is 1. The van der Waals surface area contributed by atoms with Gasteiger partial charge < -0.3 is 60.0 Å². The van der Waals surface area contributed by atoms with Crippen LogP contribution in [0.4, 0.5) is 0 Å². The van der Waals surface area contributed by atoms with Crippen molar-refractivity contribution in [2.24, 2.45) is 5.92 Å². The number of nitrogens with zero attached hydrogens (tertiary/aromatic N) is 1. The number of amides is 1. The summed E-state index contributed by atoms with van der Waals surface area (Å²) in [5, 5.41) is 70.7. The highest BCUT2D eigenvalue weighted by Gasteiger charge is 2.49. The Morgan fingerprint density at radius 3 is 2.58 bits per heavy atom. The number of phenolic OH excluding ortho intramolecular Hbond substituents is 1. The van der Waals surface area contributed by atoms with Gasteiger partial charge >= 0.3 is 0 Å². The number of hydrogen-bond acceptors (Lipinski definition) is 13. The minimum atomic E-state index is -2.28. The van der Waals surface area contributed by atoms with Gasteiger partial charge in [0.1, 0.15) is 59.4 Å². The monoisotopic (exact) mass is 790 g/mol. The third kappa shape index (κ3) is 8.31. The van der Waals surface area contributed by atoms with E-state index in [4.69, 9.17) is 18.9 Å². The number of aromatic hydroxyl groups is 1. The van der Waals surface area contributed by atoms with Crippen LogP contribution in [0.3, 0.4) is 0 Å². The number of benzene rings is 2. The molecule has 1 amide bonds. The predicted octanol–water partition coefficient (Wildman–Crippen LogP) is 1.64. The largest absolute Gasteiger partial charge is 0.508 e. The number of carbonyl (C=O) groups is 1. The second kappa shape index (κ2) is 16.6. The lowest BCUT2D eigenvalue weighted by molar-refractivity contribution is -0.373. The Labute approximate surface area is 327 Å². The molecule has 5 heterocycles. The van der Waals surface area contributed by atoms with E-state index < -0.39 is 48.8 Å². The summed E-state index contributed by atoms with van der Waals surface area (Å²) in [6.07, 6.45) is 0.617. The number of H-pyrrole nitrogens is 1. The van der Waals surface area contributed by atoms with Crippen LogP contribution in [-0.4, -0.2) is 115 Å². The fourth-order valence-electron chi connectivity index (χ4n) is 8.04. The second-order valence-corrected chi connectivity index (χ2v) is 15.4. The van der Waals surface area contributed by atoms with Gasteiger partial charge in [0.05, 0.1) is 17.5 Å². The summed E-state index contributed by atoms with van der Waals surface area (Å²) in [7, 11) is 1.81. The molecule has 7 rings (SSSR count). The van der Waals surface area contributed by atoms with Gasteiger partial charge in [0.15, 0.2) is 16.8 Å². The molecule has 306 valence electrons. The van der Waals surface area contributed by atoms with Gasteiger partial charge in [0.2, 0.25) is 5.91 Å². The maximum Gasteiger partial charge on any atom is 0.220 e. The topological polar surface area (TPSA) is 241 Å². The molecular formula is C41H50N4O12. The molecule has 3 aromatic heterocycles. The summed E-state index contributed by atoms with van der Waals surface area (Å²) in [4.78, 5) is 41.1. The third-order valence-corrected chi connectivity index (χ3v) is 11.3. The Morgan fingerprint density at radius 1 is 1.09 bits per heavy atom. The van der Waals surface area contributed by atoms with Crippen molar-refractivity contribution in [1.29, 1.82) is 0 Å². The molecule has 16 nitrogen and oxygen atoms in total. The average molecular weight is 791 g/mol. The lowest BCUT2D eigenvalue weighted by atomic mass is 9.79. The Bertz CT molecular complexity index is 2220. The predicted molar refractivity (Wildman–Crippen MR) is 207 cm³/mol. The Kier molecular flexibility index (Phi) is 11.8. The molecule has 2 aromatic carbocycles. The lowest BCUT2D eigenvalue weighted by Gasteiger charge is -2.45. The van der Waals surface area contributed by atoms with Crippen molar-refractivity contribution in [3.63, 3.8) is 0 Å². The van der Waals surface area contributed by atoms with E-state index in [0.29, 0.717) is 78.1 Å². The van der Waals surface area contributed by atoms with E-state index in [1.165, 1.54) is 30.3 Å². The summed E-state index contributed by atoms with van der Waals surface area (Å²) in [6, 6.07) is 10.9. The first-order chi connectivity index (χ1) is 27.3. The molecule has 2 aliphatic rings. The Morgan fingerprint density at radius 2 is 1.88 bits per heavy atom. The van der Waals surface area contributed by atoms with E-state index in [0.717, 1.165) is 10.9 Å². The zero-order valence-corrected chi connectivity index (χ0v) is 31.8. The first-order valence-corrected chi connectivity index (χ1v) is 19.1. The first kappa shape index (κ1) is 40.4. The van der Waals surface area contributed by atoms with Crippen molar-refractivity contribution in [1.82, 2.24) is 20.2 Å². The van der Waals surface area contributed by atoms with E-state index in [1.54, 1.807) is 13.0 Å². The smallest absolute Gasteiger partial charge is 0.220 e. The zero-order valence-electron chi connectivity index (χ0n) is 31.8. The molecule has 1 fully saturated rings. The molecule has 7 atom stereocenters. The fraction of sp³-hybridized carbons (Fsp3) is 0.463. The number of nitrogens with one attached hydrogen (secondary N) is 3. The van der Waals surface area contributed by atoms with E-state index >= 15 is 0 Å². The molecule has 1 saturated heterocycles. The van der Waals surface area contributed by atoms with Crippen molar-refractivity contribution in [3.05, 3.63) is 88.2 Å². The van der Waals surface area contributed by atoms with E-state index in [2.05, 4.69) is 15.6 Å². The second-order valence-electron chi connectivity index (χ2n) is 15.4. The highest BCUT2D eigenvalue weighted by atomic mass is 17.2. The van der Waals surface area contributed by atoms with Crippen molar-refractivity contribution < 1.29 is 54.4 Å². The summed E-state index contributed by atoms with van der Waals surface area (Å²) >= 11 is 0. The highest BCUT2D eigenvalue weighted by Crippen LogP contribution is 2.46. The molecule has 2 aliphatic heterocycles. The molecule has 0 spiro atoms. The number of fused-ring (bicyclic) bond motifs is 3. The number of phenols is 1. The molecule has 9 N–H and O–H groups in total. The molecule has 0 radical (unpaired) electrons. The molecule has 0 bridgehead atoms. The molecule has 57 heavy (non-hydrogen) atoms. The van der Waals surface area contributed by atoms with Crippen LogP contribution in [0.25, 0.3) is 27.6 Å². The van der Waals surface area contributed by atoms with Crippen LogP contribution in [0.2, 0.25) is 0 Å². The van der Waals surface area contributed by atoms with Crippen LogP contribution in [0.15, 0.2) is 70.3 Å². The van der Waals surface area contributed by atoms with Crippen LogP contribution in [0.1, 0.15) is 42.6 Å². The van der Waals surface area contributed by atoms with Crippen LogP contribution < -0.4 is 20.8 Å². The van der Waals surface area contributed by atoms with Crippen LogP contribution in [0, 0.1) is 12.8 Å². The molecule has 5 aromatic rings. The van der Waals surface area contributed by atoms with E-state index in [-0.39, 0.29) is 35.8 Å². The van der Waals surface area contributed by atoms with Gasteiger partial charge in [0, 0.05) is 67.8 Å². The third-order valence-electron chi connectivity index (χ3n) is 11.3. The number of hydrogen-bond donors (Lipinski definition) is 9. The van der Waals surface area contributed by atoms with Crippen molar-refractivity contribution >= 4 is 27.8 Å². The van der Waals surface area contributed by atoms with Gasteiger partial charge in [-0.25, -0.2) is 9.78 Å². The number of aliphatic hydroxyl groups is 5. The van der Waals surface area contributed by atoms with Gasteiger partial charge in [-0.1, -0.05) is 12.1 Å². The molecule has 7 unspecified atom stereocenters. The van der Waals surface area contributed by atoms with E-state index in [1.807, 2.05) is 36.3 Å². The average Bonchev–Trinajstić information content (AvgIpc) is 3.93. The maximum atomic E-state index is 13.5. The lowest BCUT2D eigenvalue weighted by Crippen LogP contribution is -2.58. The zero-order chi connectivity index (χ0) is 40.5. The van der Waals surface area contributed by atoms with E-state index in [9.17, 15) is 40.2 Å². The highest BCUT2D eigenvalue weighted by molar-refractivity contribution is 5.91. The first-order valence-electron chi connectivity index (χ1n) is 19.1. The normalized spacial score (nSPS) is 22.2.